The minimum absolute atomic E-state index is 0.114. The SMILES string of the molecule is CCCN(Cc1ccnc(C(=O)O)c1)C(C)C. The van der Waals surface area contributed by atoms with E-state index in [0.717, 1.165) is 25.1 Å². The Balaban J connectivity index is 2.78. The van der Waals surface area contributed by atoms with Crippen molar-refractivity contribution in [2.24, 2.45) is 0 Å². The average Bonchev–Trinajstić information content (AvgIpc) is 2.28. The third-order valence-electron chi connectivity index (χ3n) is 2.67. The lowest BCUT2D eigenvalue weighted by atomic mass is 10.2. The van der Waals surface area contributed by atoms with Gasteiger partial charge in [0.15, 0.2) is 0 Å². The first-order valence-corrected chi connectivity index (χ1v) is 5.96. The number of carbonyl (C=O) groups is 1. The predicted octanol–water partition coefficient (Wildman–Crippen LogP) is 2.40. The lowest BCUT2D eigenvalue weighted by molar-refractivity contribution is 0.0690. The summed E-state index contributed by atoms with van der Waals surface area (Å²) in [6, 6.07) is 3.97. The Morgan fingerprint density at radius 2 is 2.24 bits per heavy atom. The zero-order chi connectivity index (χ0) is 12.8. The van der Waals surface area contributed by atoms with Crippen LogP contribution >= 0.6 is 0 Å². The highest BCUT2D eigenvalue weighted by Gasteiger charge is 2.11. The van der Waals surface area contributed by atoms with E-state index in [1.165, 1.54) is 0 Å². The van der Waals surface area contributed by atoms with Gasteiger partial charge in [-0.1, -0.05) is 6.92 Å². The fourth-order valence-corrected chi connectivity index (χ4v) is 1.73. The van der Waals surface area contributed by atoms with Gasteiger partial charge in [-0.25, -0.2) is 9.78 Å². The van der Waals surface area contributed by atoms with E-state index in [4.69, 9.17) is 5.11 Å². The number of pyridine rings is 1. The van der Waals surface area contributed by atoms with Crippen molar-refractivity contribution < 1.29 is 9.90 Å². The molecular formula is C13H20N2O2. The van der Waals surface area contributed by atoms with Gasteiger partial charge in [0.1, 0.15) is 5.69 Å². The summed E-state index contributed by atoms with van der Waals surface area (Å²) >= 11 is 0. The van der Waals surface area contributed by atoms with E-state index in [2.05, 4.69) is 30.7 Å². The second kappa shape index (κ2) is 6.35. The van der Waals surface area contributed by atoms with Gasteiger partial charge in [-0.2, -0.15) is 0 Å². The molecule has 0 aromatic carbocycles. The summed E-state index contributed by atoms with van der Waals surface area (Å²) in [6.07, 6.45) is 2.65. The van der Waals surface area contributed by atoms with Crippen molar-refractivity contribution in [3.63, 3.8) is 0 Å². The van der Waals surface area contributed by atoms with Gasteiger partial charge >= 0.3 is 5.97 Å². The number of aromatic nitrogens is 1. The highest BCUT2D eigenvalue weighted by Crippen LogP contribution is 2.09. The van der Waals surface area contributed by atoms with E-state index in [1.807, 2.05) is 6.07 Å². The van der Waals surface area contributed by atoms with Crippen molar-refractivity contribution in [3.8, 4) is 0 Å². The molecule has 0 unspecified atom stereocenters. The van der Waals surface area contributed by atoms with Crippen LogP contribution in [-0.4, -0.2) is 33.5 Å². The monoisotopic (exact) mass is 236 g/mol. The van der Waals surface area contributed by atoms with Crippen molar-refractivity contribution in [2.75, 3.05) is 6.54 Å². The Morgan fingerprint density at radius 1 is 1.53 bits per heavy atom. The zero-order valence-electron chi connectivity index (χ0n) is 10.7. The third-order valence-corrected chi connectivity index (χ3v) is 2.67. The number of carboxylic acid groups (broad SMARTS) is 1. The standard InChI is InChI=1S/C13H20N2O2/c1-4-7-15(10(2)3)9-11-5-6-14-12(8-11)13(16)17/h5-6,8,10H,4,7,9H2,1-3H3,(H,16,17). The van der Waals surface area contributed by atoms with E-state index in [9.17, 15) is 4.79 Å². The second-order valence-electron chi connectivity index (χ2n) is 4.42. The molecule has 1 aromatic heterocycles. The number of hydrogen-bond acceptors (Lipinski definition) is 3. The molecule has 0 radical (unpaired) electrons. The molecule has 17 heavy (non-hydrogen) atoms. The molecule has 4 nitrogen and oxygen atoms in total. The van der Waals surface area contributed by atoms with Gasteiger partial charge in [0.25, 0.3) is 0 Å². The van der Waals surface area contributed by atoms with Gasteiger partial charge in [-0.05, 0) is 44.5 Å². The molecule has 0 fully saturated rings. The predicted molar refractivity (Wildman–Crippen MR) is 67.0 cm³/mol. The van der Waals surface area contributed by atoms with Crippen molar-refractivity contribution >= 4 is 5.97 Å². The molecule has 94 valence electrons. The van der Waals surface area contributed by atoms with E-state index in [0.29, 0.717) is 6.04 Å². The quantitative estimate of drug-likeness (QED) is 0.824. The van der Waals surface area contributed by atoms with Crippen molar-refractivity contribution in [1.82, 2.24) is 9.88 Å². The molecule has 0 amide bonds. The number of carboxylic acids is 1. The first kappa shape index (κ1) is 13.6. The Labute approximate surface area is 102 Å². The van der Waals surface area contributed by atoms with Gasteiger partial charge in [0.2, 0.25) is 0 Å². The van der Waals surface area contributed by atoms with E-state index in [1.54, 1.807) is 12.3 Å². The summed E-state index contributed by atoms with van der Waals surface area (Å²) in [5.74, 6) is -0.974. The zero-order valence-corrected chi connectivity index (χ0v) is 10.7. The van der Waals surface area contributed by atoms with E-state index < -0.39 is 5.97 Å². The fraction of sp³-hybridized carbons (Fsp3) is 0.538. The maximum absolute atomic E-state index is 10.8. The maximum atomic E-state index is 10.8. The van der Waals surface area contributed by atoms with Gasteiger partial charge in [0.05, 0.1) is 0 Å². The first-order valence-electron chi connectivity index (χ1n) is 5.96. The number of aromatic carboxylic acids is 1. The molecule has 1 aromatic rings. The lowest BCUT2D eigenvalue weighted by Crippen LogP contribution is -2.31. The average molecular weight is 236 g/mol. The summed E-state index contributed by atoms with van der Waals surface area (Å²) in [4.78, 5) is 17.0. The maximum Gasteiger partial charge on any atom is 0.354 e. The van der Waals surface area contributed by atoms with Gasteiger partial charge in [-0.3, -0.25) is 4.90 Å². The third kappa shape index (κ3) is 4.15. The molecule has 1 heterocycles. The summed E-state index contributed by atoms with van der Waals surface area (Å²) in [5.41, 5.74) is 1.11. The highest BCUT2D eigenvalue weighted by atomic mass is 16.4. The number of rotatable bonds is 6. The smallest absolute Gasteiger partial charge is 0.354 e. The molecule has 0 aliphatic rings. The minimum atomic E-state index is -0.974. The summed E-state index contributed by atoms with van der Waals surface area (Å²) in [6.45, 7) is 8.23. The lowest BCUT2D eigenvalue weighted by Gasteiger charge is -2.25. The van der Waals surface area contributed by atoms with Gasteiger partial charge in [0, 0.05) is 18.8 Å². The van der Waals surface area contributed by atoms with Crippen LogP contribution in [0.5, 0.6) is 0 Å². The summed E-state index contributed by atoms with van der Waals surface area (Å²) in [5, 5.41) is 8.88. The van der Waals surface area contributed by atoms with Gasteiger partial charge < -0.3 is 5.11 Å². The van der Waals surface area contributed by atoms with Crippen LogP contribution in [0.1, 0.15) is 43.2 Å². The Bertz CT molecular complexity index is 377. The second-order valence-corrected chi connectivity index (χ2v) is 4.42. The molecule has 0 atom stereocenters. The van der Waals surface area contributed by atoms with Crippen LogP contribution in [0.3, 0.4) is 0 Å². The van der Waals surface area contributed by atoms with Crippen LogP contribution in [0.2, 0.25) is 0 Å². The molecule has 1 N–H and O–H groups in total. The molecule has 0 spiro atoms. The van der Waals surface area contributed by atoms with E-state index >= 15 is 0 Å². The molecule has 1 rings (SSSR count). The first-order chi connectivity index (χ1) is 8.04. The van der Waals surface area contributed by atoms with Crippen molar-refractivity contribution in [1.29, 1.82) is 0 Å². The molecule has 0 saturated heterocycles. The van der Waals surface area contributed by atoms with Crippen LogP contribution in [0.25, 0.3) is 0 Å². The highest BCUT2D eigenvalue weighted by molar-refractivity contribution is 5.85. The molecule has 0 bridgehead atoms. The molecule has 4 heteroatoms. The van der Waals surface area contributed by atoms with Crippen LogP contribution in [0, 0.1) is 0 Å². The summed E-state index contributed by atoms with van der Waals surface area (Å²) in [7, 11) is 0. The minimum Gasteiger partial charge on any atom is -0.477 e. The Kier molecular flexibility index (Phi) is 5.10. The Morgan fingerprint density at radius 3 is 2.76 bits per heavy atom. The van der Waals surface area contributed by atoms with Crippen molar-refractivity contribution in [2.45, 2.75) is 39.8 Å². The fourth-order valence-electron chi connectivity index (χ4n) is 1.73. The van der Waals surface area contributed by atoms with Gasteiger partial charge in [-0.15, -0.1) is 0 Å². The van der Waals surface area contributed by atoms with Crippen molar-refractivity contribution in [3.05, 3.63) is 29.6 Å². The van der Waals surface area contributed by atoms with E-state index in [-0.39, 0.29) is 5.69 Å². The molecule has 0 aliphatic carbocycles. The van der Waals surface area contributed by atoms with Crippen LogP contribution in [-0.2, 0) is 6.54 Å². The van der Waals surface area contributed by atoms with Crippen LogP contribution in [0.15, 0.2) is 18.3 Å². The van der Waals surface area contributed by atoms with Crippen LogP contribution in [0.4, 0.5) is 0 Å². The Hall–Kier alpha value is -1.42. The summed E-state index contributed by atoms with van der Waals surface area (Å²) < 4.78 is 0. The largest absolute Gasteiger partial charge is 0.477 e. The topological polar surface area (TPSA) is 53.4 Å². The number of hydrogen-bond donors (Lipinski definition) is 1. The molecular weight excluding hydrogens is 216 g/mol. The molecule has 0 aliphatic heterocycles. The number of nitrogens with zero attached hydrogens (tertiary/aromatic N) is 2. The molecule has 0 saturated carbocycles. The normalized spacial score (nSPS) is 11.1. The van der Waals surface area contributed by atoms with Crippen LogP contribution < -0.4 is 0 Å².